The fourth-order valence-corrected chi connectivity index (χ4v) is 2.96. The Bertz CT molecular complexity index is 452. The Morgan fingerprint density at radius 1 is 1.04 bits per heavy atom. The molecule has 0 amide bonds. The lowest BCUT2D eigenvalue weighted by Crippen LogP contribution is -2.47. The van der Waals surface area contributed by atoms with Gasteiger partial charge in [-0.25, -0.2) is 9.97 Å². The lowest BCUT2D eigenvalue weighted by Gasteiger charge is -2.34. The summed E-state index contributed by atoms with van der Waals surface area (Å²) in [7, 11) is 0. The van der Waals surface area contributed by atoms with Crippen molar-refractivity contribution < 1.29 is 6.16 Å². The molecule has 6 heteroatoms. The predicted octanol–water partition coefficient (Wildman–Crippen LogP) is 2.20. The molecular weight excluding hydrogens is 314 g/mol. The van der Waals surface area contributed by atoms with E-state index in [1.54, 1.807) is 0 Å². The van der Waals surface area contributed by atoms with Crippen molar-refractivity contribution in [3.05, 3.63) is 18.0 Å². The van der Waals surface area contributed by atoms with Crippen LogP contribution in [0.4, 0.5) is 5.95 Å². The smallest absolute Gasteiger partial charge is 0.225 e. The van der Waals surface area contributed by atoms with Crippen LogP contribution in [0.25, 0.3) is 0 Å². The Balaban J connectivity index is 0.00000338. The maximum Gasteiger partial charge on any atom is 0.225 e. The van der Waals surface area contributed by atoms with Gasteiger partial charge in [-0.1, -0.05) is 13.8 Å². The van der Waals surface area contributed by atoms with Gasteiger partial charge in [0.25, 0.3) is 0 Å². The molecule has 25 heavy (non-hydrogen) atoms. The van der Waals surface area contributed by atoms with Crippen molar-refractivity contribution in [2.45, 2.75) is 39.5 Å². The van der Waals surface area contributed by atoms with Gasteiger partial charge in [0.15, 0.2) is 0 Å². The van der Waals surface area contributed by atoms with Crippen LogP contribution < -0.4 is 10.2 Å². The van der Waals surface area contributed by atoms with Gasteiger partial charge in [-0.15, -0.1) is 0 Å². The highest BCUT2D eigenvalue weighted by atomic mass is 16.5. The van der Waals surface area contributed by atoms with Crippen LogP contribution in [0.15, 0.2) is 12.4 Å². The van der Waals surface area contributed by atoms with Crippen LogP contribution in [-0.4, -0.2) is 73.9 Å². The summed E-state index contributed by atoms with van der Waals surface area (Å²) >= 11 is 0. The number of piperazine rings is 1. The third kappa shape index (κ3) is 7.67. The number of nitrogens with one attached hydrogen (secondary N) is 1. The van der Waals surface area contributed by atoms with E-state index in [1.165, 1.54) is 12.0 Å². The molecule has 6 nitrogen and oxygen atoms in total. The zero-order chi connectivity index (χ0) is 17.7. The van der Waals surface area contributed by atoms with Gasteiger partial charge in [-0.3, -0.25) is 4.90 Å². The highest BCUT2D eigenvalue weighted by Crippen LogP contribution is 2.11. The first-order valence-corrected chi connectivity index (χ1v) is 9.90. The molecule has 1 aliphatic heterocycles. The van der Waals surface area contributed by atoms with Crippen molar-refractivity contribution in [3.63, 3.8) is 0 Å². The zero-order valence-corrected chi connectivity index (χ0v) is 16.0. The molecule has 1 fully saturated rings. The summed E-state index contributed by atoms with van der Waals surface area (Å²) in [4.78, 5) is 13.8. The first-order valence-electron chi connectivity index (χ1n) is 9.90. The van der Waals surface area contributed by atoms with E-state index in [-0.39, 0.29) is 1.43 Å². The lowest BCUT2D eigenvalue weighted by molar-refractivity contribution is 0.117. The van der Waals surface area contributed by atoms with Crippen LogP contribution in [0.5, 0.6) is 0 Å². The number of nitrogens with zero attached hydrogens (tertiary/aromatic N) is 4. The molecule has 144 valence electrons. The van der Waals surface area contributed by atoms with E-state index < -0.39 is 0 Å². The third-order valence-electron chi connectivity index (χ3n) is 4.59. The number of aryl methyl sites for hydroxylation is 1. The molecule has 1 aliphatic rings. The molecule has 1 aromatic heterocycles. The summed E-state index contributed by atoms with van der Waals surface area (Å²) in [5.74, 6) is 0.872. The van der Waals surface area contributed by atoms with E-state index in [4.69, 9.17) is 4.74 Å². The van der Waals surface area contributed by atoms with E-state index in [2.05, 4.69) is 38.9 Å². The highest BCUT2D eigenvalue weighted by Gasteiger charge is 2.18. The first-order chi connectivity index (χ1) is 12.3. The number of rotatable bonds is 12. The van der Waals surface area contributed by atoms with Crippen molar-refractivity contribution in [1.82, 2.24) is 20.2 Å². The summed E-state index contributed by atoms with van der Waals surface area (Å²) in [5, 5.41) is 3.40. The predicted molar refractivity (Wildman–Crippen MR) is 105 cm³/mol. The lowest BCUT2D eigenvalue weighted by atomic mass is 10.3. The first kappa shape index (κ1) is 20.1. The van der Waals surface area contributed by atoms with Gasteiger partial charge in [-0.05, 0) is 44.3 Å². The average molecular weight is 352 g/mol. The standard InChI is InChI=1S/C19H35N5O.H2/c1-3-7-20-8-5-14-25-15-6-9-23-10-12-24(13-11-23)19-21-16-18(4-2)17-22-19;/h16-17,20H,3-15H2,1-2H3;1H. The molecule has 0 saturated carbocycles. The molecule has 2 heterocycles. The molecule has 1 aromatic rings. The largest absolute Gasteiger partial charge is 0.381 e. The van der Waals surface area contributed by atoms with Crippen LogP contribution >= 0.6 is 0 Å². The maximum atomic E-state index is 5.72. The van der Waals surface area contributed by atoms with Crippen molar-refractivity contribution in [1.29, 1.82) is 0 Å². The quantitative estimate of drug-likeness (QED) is 0.583. The summed E-state index contributed by atoms with van der Waals surface area (Å²) in [6.07, 6.45) is 8.31. The monoisotopic (exact) mass is 351 g/mol. The fraction of sp³-hybridized carbons (Fsp3) is 0.789. The van der Waals surface area contributed by atoms with Crippen LogP contribution in [0, 0.1) is 0 Å². The molecule has 0 aliphatic carbocycles. The Kier molecular flexibility index (Phi) is 9.77. The highest BCUT2D eigenvalue weighted by molar-refractivity contribution is 5.30. The van der Waals surface area contributed by atoms with E-state index >= 15 is 0 Å². The molecule has 0 radical (unpaired) electrons. The van der Waals surface area contributed by atoms with E-state index in [9.17, 15) is 0 Å². The van der Waals surface area contributed by atoms with E-state index in [0.29, 0.717) is 0 Å². The molecule has 1 saturated heterocycles. The molecule has 0 spiro atoms. The maximum absolute atomic E-state index is 5.72. The van der Waals surface area contributed by atoms with Gasteiger partial charge in [0.05, 0.1) is 0 Å². The minimum absolute atomic E-state index is 0. The van der Waals surface area contributed by atoms with Gasteiger partial charge < -0.3 is 15.0 Å². The summed E-state index contributed by atoms with van der Waals surface area (Å²) in [6, 6.07) is 0. The van der Waals surface area contributed by atoms with Crippen LogP contribution in [0.1, 0.15) is 40.1 Å². The zero-order valence-electron chi connectivity index (χ0n) is 16.0. The topological polar surface area (TPSA) is 53.5 Å². The Morgan fingerprint density at radius 2 is 1.76 bits per heavy atom. The van der Waals surface area contributed by atoms with Gasteiger partial charge >= 0.3 is 0 Å². The summed E-state index contributed by atoms with van der Waals surface area (Å²) in [5.41, 5.74) is 1.20. The molecule has 0 unspecified atom stereocenters. The van der Waals surface area contributed by atoms with Crippen molar-refractivity contribution >= 4 is 5.95 Å². The number of hydrogen-bond donors (Lipinski definition) is 1. The normalized spacial score (nSPS) is 15.7. The van der Waals surface area contributed by atoms with Crippen LogP contribution in [-0.2, 0) is 11.2 Å². The second-order valence-electron chi connectivity index (χ2n) is 6.64. The van der Waals surface area contributed by atoms with Gasteiger partial charge in [0, 0.05) is 59.8 Å². The number of ether oxygens (including phenoxy) is 1. The van der Waals surface area contributed by atoms with Crippen LogP contribution in [0.2, 0.25) is 0 Å². The third-order valence-corrected chi connectivity index (χ3v) is 4.59. The molecule has 0 bridgehead atoms. The second-order valence-corrected chi connectivity index (χ2v) is 6.64. The van der Waals surface area contributed by atoms with E-state index in [0.717, 1.165) is 84.2 Å². The molecular formula is C19H37N5O. The summed E-state index contributed by atoms with van der Waals surface area (Å²) < 4.78 is 5.72. The fourth-order valence-electron chi connectivity index (χ4n) is 2.96. The average Bonchev–Trinajstić information content (AvgIpc) is 2.67. The van der Waals surface area contributed by atoms with E-state index in [1.807, 2.05) is 12.4 Å². The van der Waals surface area contributed by atoms with Crippen LogP contribution in [0.3, 0.4) is 0 Å². The van der Waals surface area contributed by atoms with Crippen molar-refractivity contribution in [2.24, 2.45) is 0 Å². The number of hydrogen-bond acceptors (Lipinski definition) is 6. The Morgan fingerprint density at radius 3 is 2.44 bits per heavy atom. The van der Waals surface area contributed by atoms with Crippen molar-refractivity contribution in [3.8, 4) is 0 Å². The number of anilines is 1. The van der Waals surface area contributed by atoms with Crippen molar-refractivity contribution in [2.75, 3.05) is 63.9 Å². The molecule has 0 aromatic carbocycles. The molecule has 1 N–H and O–H groups in total. The SMILES string of the molecule is CCCNCCCOCCCN1CCN(c2ncc(CC)cn2)CC1.[HH]. The van der Waals surface area contributed by atoms with Gasteiger partial charge in [0.1, 0.15) is 0 Å². The minimum Gasteiger partial charge on any atom is -0.381 e. The Hall–Kier alpha value is -1.24. The minimum atomic E-state index is 0. The number of aromatic nitrogens is 2. The summed E-state index contributed by atoms with van der Waals surface area (Å²) in [6.45, 7) is 13.5. The second kappa shape index (κ2) is 12.2. The van der Waals surface area contributed by atoms with Gasteiger partial charge in [-0.2, -0.15) is 0 Å². The molecule has 2 rings (SSSR count). The molecule has 0 atom stereocenters. The Labute approximate surface area is 154 Å². The van der Waals surface area contributed by atoms with Gasteiger partial charge in [0.2, 0.25) is 5.95 Å².